The normalized spacial score (nSPS) is 13.7. The summed E-state index contributed by atoms with van der Waals surface area (Å²) in [7, 11) is 0. The van der Waals surface area contributed by atoms with Gasteiger partial charge >= 0.3 is 0 Å². The zero-order valence-corrected chi connectivity index (χ0v) is 31.4. The third kappa shape index (κ3) is 5.09. The lowest BCUT2D eigenvalue weighted by atomic mass is 9.88. The molecular formula is C56H37N. The van der Waals surface area contributed by atoms with Crippen LogP contribution in [0.1, 0.15) is 33.7 Å². The summed E-state index contributed by atoms with van der Waals surface area (Å²) in [6, 6.07) is 76.6. The smallest absolute Gasteiger partial charge is 0.0547 e. The molecule has 0 spiro atoms. The summed E-state index contributed by atoms with van der Waals surface area (Å²) in [4.78, 5) is 0. The van der Waals surface area contributed by atoms with E-state index in [1.165, 1.54) is 111 Å². The van der Waals surface area contributed by atoms with E-state index in [-0.39, 0.29) is 5.92 Å². The molecule has 1 aromatic heterocycles. The lowest BCUT2D eigenvalue weighted by Gasteiger charge is -2.15. The van der Waals surface area contributed by atoms with Crippen LogP contribution in [0.2, 0.25) is 0 Å². The Morgan fingerprint density at radius 3 is 1.75 bits per heavy atom. The quantitative estimate of drug-likeness (QED) is 0.167. The van der Waals surface area contributed by atoms with Gasteiger partial charge in [0.25, 0.3) is 0 Å². The summed E-state index contributed by atoms with van der Waals surface area (Å²) >= 11 is 0. The topological polar surface area (TPSA) is 4.93 Å². The fraction of sp³-hybridized carbons (Fsp3) is 0.0357. The molecule has 0 bridgehead atoms. The first-order valence-electron chi connectivity index (χ1n) is 20.0. The highest BCUT2D eigenvalue weighted by atomic mass is 15.0. The molecule has 1 unspecified atom stereocenters. The molecule has 2 aliphatic carbocycles. The molecule has 0 saturated carbocycles. The molecule has 0 fully saturated rings. The Bertz CT molecular complexity index is 3190. The summed E-state index contributed by atoms with van der Waals surface area (Å²) in [6.45, 7) is 0. The minimum Gasteiger partial charge on any atom is -0.309 e. The first-order valence-corrected chi connectivity index (χ1v) is 20.0. The van der Waals surface area contributed by atoms with E-state index in [9.17, 15) is 0 Å². The molecular weight excluding hydrogens is 687 g/mol. The van der Waals surface area contributed by atoms with Crippen molar-refractivity contribution < 1.29 is 0 Å². The van der Waals surface area contributed by atoms with Gasteiger partial charge in [0.05, 0.1) is 11.0 Å². The molecule has 1 heteroatoms. The maximum Gasteiger partial charge on any atom is 0.0547 e. The van der Waals surface area contributed by atoms with Crippen molar-refractivity contribution in [3.63, 3.8) is 0 Å². The van der Waals surface area contributed by atoms with Crippen LogP contribution in [0.25, 0.3) is 83.1 Å². The van der Waals surface area contributed by atoms with Crippen LogP contribution in [0.15, 0.2) is 206 Å². The molecule has 1 heterocycles. The standard InChI is InChI=1S/C56H37N/c1-3-12-36(13-4-1)38-22-24-39(25-23-38)56-48-21-10-9-20-47(48)51-32-41(26-28-49(51)56)42-27-29-54-52(33-42)53-34-44-30-43-16-7-8-19-46(43)50(44)35-55(53)57(54)45-18-11-17-40(31-45)37-14-5-2-6-15-37/h1-29,31-35,56H,30H2. The van der Waals surface area contributed by atoms with Crippen LogP contribution >= 0.6 is 0 Å². The second kappa shape index (κ2) is 12.7. The molecule has 1 nitrogen and oxygen atoms in total. The van der Waals surface area contributed by atoms with Crippen molar-refractivity contribution in [2.75, 3.05) is 0 Å². The number of hydrogen-bond donors (Lipinski definition) is 0. The minimum absolute atomic E-state index is 0.202. The molecule has 57 heavy (non-hydrogen) atoms. The molecule has 1 atom stereocenters. The van der Waals surface area contributed by atoms with Gasteiger partial charge in [-0.05, 0) is 132 Å². The van der Waals surface area contributed by atoms with E-state index in [1.54, 1.807) is 0 Å². The van der Waals surface area contributed by atoms with Crippen molar-refractivity contribution in [3.8, 4) is 61.3 Å². The third-order valence-electron chi connectivity index (χ3n) is 12.5. The van der Waals surface area contributed by atoms with Crippen molar-refractivity contribution in [1.29, 1.82) is 0 Å². The zero-order valence-electron chi connectivity index (χ0n) is 31.4. The van der Waals surface area contributed by atoms with Gasteiger partial charge in [0.1, 0.15) is 0 Å². The summed E-state index contributed by atoms with van der Waals surface area (Å²) in [5, 5.41) is 2.58. The van der Waals surface area contributed by atoms with Crippen molar-refractivity contribution in [2.45, 2.75) is 12.3 Å². The minimum atomic E-state index is 0.202. The monoisotopic (exact) mass is 723 g/mol. The van der Waals surface area contributed by atoms with Gasteiger partial charge in [0.15, 0.2) is 0 Å². The molecule has 9 aromatic carbocycles. The average molecular weight is 724 g/mol. The average Bonchev–Trinajstić information content (AvgIpc) is 3.93. The van der Waals surface area contributed by atoms with Gasteiger partial charge < -0.3 is 4.57 Å². The van der Waals surface area contributed by atoms with E-state index < -0.39 is 0 Å². The van der Waals surface area contributed by atoms with Gasteiger partial charge in [-0.25, -0.2) is 0 Å². The Balaban J connectivity index is 1.00. The van der Waals surface area contributed by atoms with Crippen LogP contribution in [-0.4, -0.2) is 4.57 Å². The number of benzene rings is 9. The highest BCUT2D eigenvalue weighted by Crippen LogP contribution is 2.50. The van der Waals surface area contributed by atoms with Crippen molar-refractivity contribution in [2.24, 2.45) is 0 Å². The fourth-order valence-corrected chi connectivity index (χ4v) is 9.80. The summed E-state index contributed by atoms with van der Waals surface area (Å²) < 4.78 is 2.48. The van der Waals surface area contributed by atoms with Crippen molar-refractivity contribution in [3.05, 3.63) is 234 Å². The van der Waals surface area contributed by atoms with E-state index in [0.29, 0.717) is 0 Å². The molecule has 12 rings (SSSR count). The number of hydrogen-bond acceptors (Lipinski definition) is 0. The Morgan fingerprint density at radius 2 is 0.930 bits per heavy atom. The fourth-order valence-electron chi connectivity index (χ4n) is 9.80. The predicted molar refractivity (Wildman–Crippen MR) is 238 cm³/mol. The molecule has 10 aromatic rings. The maximum absolute atomic E-state index is 2.48. The molecule has 0 aliphatic heterocycles. The first-order chi connectivity index (χ1) is 28.2. The van der Waals surface area contributed by atoms with E-state index in [2.05, 4.69) is 211 Å². The van der Waals surface area contributed by atoms with Crippen molar-refractivity contribution in [1.82, 2.24) is 4.57 Å². The Hall–Kier alpha value is -7.22. The van der Waals surface area contributed by atoms with Gasteiger partial charge in [-0.15, -0.1) is 0 Å². The Morgan fingerprint density at radius 1 is 0.333 bits per heavy atom. The number of fused-ring (bicyclic) bond motifs is 9. The van der Waals surface area contributed by atoms with Crippen LogP contribution in [0, 0.1) is 0 Å². The molecule has 0 radical (unpaired) electrons. The van der Waals surface area contributed by atoms with Crippen LogP contribution in [0.5, 0.6) is 0 Å². The van der Waals surface area contributed by atoms with E-state index in [4.69, 9.17) is 0 Å². The number of rotatable bonds is 5. The van der Waals surface area contributed by atoms with Crippen LogP contribution in [-0.2, 0) is 6.42 Å². The first kappa shape index (κ1) is 32.1. The van der Waals surface area contributed by atoms with Crippen molar-refractivity contribution >= 4 is 21.8 Å². The van der Waals surface area contributed by atoms with E-state index >= 15 is 0 Å². The summed E-state index contributed by atoms with van der Waals surface area (Å²) in [5.74, 6) is 0.202. The summed E-state index contributed by atoms with van der Waals surface area (Å²) in [6.07, 6.45) is 0.970. The van der Waals surface area contributed by atoms with Gasteiger partial charge in [-0.2, -0.15) is 0 Å². The zero-order chi connectivity index (χ0) is 37.5. The predicted octanol–water partition coefficient (Wildman–Crippen LogP) is 14.5. The highest BCUT2D eigenvalue weighted by molar-refractivity contribution is 6.12. The third-order valence-corrected chi connectivity index (χ3v) is 12.5. The Kier molecular flexibility index (Phi) is 7.12. The van der Waals surface area contributed by atoms with E-state index in [1.807, 2.05) is 0 Å². The number of nitrogens with zero attached hydrogens (tertiary/aromatic N) is 1. The lowest BCUT2D eigenvalue weighted by molar-refractivity contribution is 1.02. The SMILES string of the molecule is c1ccc(-c2ccc(C3c4ccccc4-c4cc(-c5ccc6c(c5)c5cc7c(cc5n6-c5cccc(-c6ccccc6)c5)-c5ccccc5C7)ccc43)cc2)cc1. The molecule has 0 saturated heterocycles. The second-order valence-corrected chi connectivity index (χ2v) is 15.7. The van der Waals surface area contributed by atoms with E-state index in [0.717, 1.165) is 6.42 Å². The summed E-state index contributed by atoms with van der Waals surface area (Å²) in [5.41, 5.74) is 23.3. The van der Waals surface area contributed by atoms with Gasteiger partial charge in [-0.1, -0.05) is 164 Å². The van der Waals surface area contributed by atoms with Gasteiger partial charge in [-0.3, -0.25) is 0 Å². The van der Waals surface area contributed by atoms with Crippen LogP contribution in [0.3, 0.4) is 0 Å². The van der Waals surface area contributed by atoms with Crippen LogP contribution in [0.4, 0.5) is 0 Å². The molecule has 0 N–H and O–H groups in total. The van der Waals surface area contributed by atoms with Gasteiger partial charge in [0.2, 0.25) is 0 Å². The molecule has 266 valence electrons. The molecule has 2 aliphatic rings. The maximum atomic E-state index is 2.48. The van der Waals surface area contributed by atoms with Gasteiger partial charge in [0, 0.05) is 22.4 Å². The number of aromatic nitrogens is 1. The van der Waals surface area contributed by atoms with Crippen LogP contribution < -0.4 is 0 Å². The highest BCUT2D eigenvalue weighted by Gasteiger charge is 2.30. The Labute approximate surface area is 332 Å². The largest absolute Gasteiger partial charge is 0.309 e. The molecule has 0 amide bonds. The second-order valence-electron chi connectivity index (χ2n) is 15.7. The lowest BCUT2D eigenvalue weighted by Crippen LogP contribution is -1.99.